The minimum absolute atomic E-state index is 0.00701. The Morgan fingerprint density at radius 3 is 2.52 bits per heavy atom. The van der Waals surface area contributed by atoms with Crippen LogP contribution in [0.15, 0.2) is 35.7 Å². The van der Waals surface area contributed by atoms with Crippen LogP contribution in [0.5, 0.6) is 0 Å². The second-order valence-corrected chi connectivity index (χ2v) is 10.8. The Hall–Kier alpha value is -2.23. The smallest absolute Gasteiger partial charge is 0.223 e. The fourth-order valence-electron chi connectivity index (χ4n) is 3.50. The third kappa shape index (κ3) is 7.15. The van der Waals surface area contributed by atoms with Crippen molar-refractivity contribution in [3.8, 4) is 0 Å². The number of benzene rings is 1. The van der Waals surface area contributed by atoms with Gasteiger partial charge in [0.2, 0.25) is 21.8 Å². The zero-order valence-corrected chi connectivity index (χ0v) is 19.5. The van der Waals surface area contributed by atoms with Gasteiger partial charge in [-0.25, -0.2) is 13.1 Å². The Morgan fingerprint density at radius 1 is 1.10 bits per heavy atom. The average Bonchev–Trinajstić information content (AvgIpc) is 3.18. The van der Waals surface area contributed by atoms with Crippen molar-refractivity contribution in [3.63, 3.8) is 0 Å². The van der Waals surface area contributed by atoms with Crippen LogP contribution in [0.3, 0.4) is 0 Å². The lowest BCUT2D eigenvalue weighted by Gasteiger charge is -2.27. The molecule has 0 atom stereocenters. The maximum absolute atomic E-state index is 12.4. The van der Waals surface area contributed by atoms with Crippen LogP contribution in [0, 0.1) is 0 Å². The molecule has 2 aromatic rings. The van der Waals surface area contributed by atoms with Crippen molar-refractivity contribution in [2.24, 2.45) is 0 Å². The van der Waals surface area contributed by atoms with Gasteiger partial charge in [-0.15, -0.1) is 11.3 Å². The number of sulfonamides is 1. The quantitative estimate of drug-likeness (QED) is 0.597. The second-order valence-electron chi connectivity index (χ2n) is 8.06. The van der Waals surface area contributed by atoms with Crippen molar-refractivity contribution in [1.82, 2.24) is 14.9 Å². The molecule has 0 unspecified atom stereocenters. The molecule has 1 aromatic carbocycles. The molecule has 0 saturated carbocycles. The second kappa shape index (κ2) is 10.4. The first-order valence-corrected chi connectivity index (χ1v) is 12.9. The number of carbonyl (C=O) groups excluding carboxylic acids is 2. The summed E-state index contributed by atoms with van der Waals surface area (Å²) >= 11 is 1.73. The Kier molecular flexibility index (Phi) is 7.85. The van der Waals surface area contributed by atoms with Gasteiger partial charge >= 0.3 is 0 Å². The Labute approximate surface area is 187 Å². The van der Waals surface area contributed by atoms with E-state index < -0.39 is 10.0 Å². The molecule has 3 rings (SSSR count). The van der Waals surface area contributed by atoms with E-state index in [1.165, 1.54) is 10.4 Å². The van der Waals surface area contributed by atoms with Crippen LogP contribution < -0.4 is 10.0 Å². The van der Waals surface area contributed by atoms with Gasteiger partial charge in [-0.2, -0.15) is 0 Å². The molecule has 2 heterocycles. The van der Waals surface area contributed by atoms with E-state index in [0.29, 0.717) is 25.2 Å². The minimum atomic E-state index is -3.37. The summed E-state index contributed by atoms with van der Waals surface area (Å²) < 4.78 is 26.6. The highest BCUT2D eigenvalue weighted by atomic mass is 32.2. The topological polar surface area (TPSA) is 95.6 Å². The van der Waals surface area contributed by atoms with Crippen molar-refractivity contribution < 1.29 is 18.0 Å². The fourth-order valence-corrected chi connectivity index (χ4v) is 5.83. The molecule has 2 amide bonds. The number of fused-ring (bicyclic) bond motifs is 1. The summed E-state index contributed by atoms with van der Waals surface area (Å²) in [6.07, 6.45) is 1.24. The van der Waals surface area contributed by atoms with Crippen molar-refractivity contribution in [2.75, 3.05) is 6.54 Å². The number of hydrogen-bond acceptors (Lipinski definition) is 5. The van der Waals surface area contributed by atoms with Crippen LogP contribution in [0.25, 0.3) is 0 Å². The van der Waals surface area contributed by atoms with Crippen molar-refractivity contribution in [3.05, 3.63) is 57.3 Å². The predicted octanol–water partition coefficient (Wildman–Crippen LogP) is 2.56. The van der Waals surface area contributed by atoms with Gasteiger partial charge in [-0.05, 0) is 48.4 Å². The summed E-state index contributed by atoms with van der Waals surface area (Å²) in [7, 11) is -3.37. The zero-order chi connectivity index (χ0) is 22.4. The first-order chi connectivity index (χ1) is 14.7. The van der Waals surface area contributed by atoms with Crippen LogP contribution in [0.1, 0.15) is 48.3 Å². The van der Waals surface area contributed by atoms with E-state index in [9.17, 15) is 18.0 Å². The van der Waals surface area contributed by atoms with E-state index in [1.807, 2.05) is 4.90 Å². The number of nitrogens with one attached hydrogen (secondary N) is 2. The van der Waals surface area contributed by atoms with E-state index in [1.54, 1.807) is 49.4 Å². The molecular formula is C22H29N3O4S2. The zero-order valence-electron chi connectivity index (χ0n) is 17.9. The largest absolute Gasteiger partial charge is 0.352 e. The van der Waals surface area contributed by atoms with Gasteiger partial charge in [0.1, 0.15) is 0 Å². The molecule has 1 aliphatic heterocycles. The maximum atomic E-state index is 12.4. The highest BCUT2D eigenvalue weighted by molar-refractivity contribution is 7.88. The molecular weight excluding hydrogens is 434 g/mol. The number of hydrogen-bond donors (Lipinski definition) is 2. The van der Waals surface area contributed by atoms with E-state index in [4.69, 9.17) is 0 Å². The lowest BCUT2D eigenvalue weighted by molar-refractivity contribution is -0.134. The molecule has 0 aliphatic carbocycles. The SMILES string of the molecule is CC(C)NS(=O)(=O)Cc1ccc(CNC(=O)CCC(=O)N2CCc3sccc3C2)cc1. The molecule has 0 bridgehead atoms. The third-order valence-corrected chi connectivity index (χ3v) is 7.58. The summed E-state index contributed by atoms with van der Waals surface area (Å²) in [6, 6.07) is 9.03. The lowest BCUT2D eigenvalue weighted by Crippen LogP contribution is -2.36. The first kappa shape index (κ1) is 23.4. The number of carbonyl (C=O) groups is 2. The number of amides is 2. The third-order valence-electron chi connectivity index (χ3n) is 5.01. The molecule has 2 N–H and O–H groups in total. The van der Waals surface area contributed by atoms with E-state index >= 15 is 0 Å². The van der Waals surface area contributed by atoms with E-state index in [2.05, 4.69) is 21.5 Å². The molecule has 168 valence electrons. The van der Waals surface area contributed by atoms with Gasteiger partial charge < -0.3 is 10.2 Å². The molecule has 31 heavy (non-hydrogen) atoms. The van der Waals surface area contributed by atoms with Crippen LogP contribution >= 0.6 is 11.3 Å². The van der Waals surface area contributed by atoms with Crippen molar-refractivity contribution >= 4 is 33.2 Å². The number of nitrogens with zero attached hydrogens (tertiary/aromatic N) is 1. The molecule has 7 nitrogen and oxygen atoms in total. The molecule has 1 aliphatic rings. The molecule has 0 spiro atoms. The minimum Gasteiger partial charge on any atom is -0.352 e. The van der Waals surface area contributed by atoms with Gasteiger partial charge in [-0.1, -0.05) is 24.3 Å². The average molecular weight is 464 g/mol. The number of rotatable bonds is 9. The standard InChI is InChI=1S/C22H29N3O4S2/c1-16(2)24-31(28,29)15-18-5-3-17(4-6-18)13-23-21(26)7-8-22(27)25-11-9-20-19(14-25)10-12-30-20/h3-6,10,12,16,24H,7-9,11,13-15H2,1-2H3,(H,23,26). The van der Waals surface area contributed by atoms with Crippen LogP contribution in [0.4, 0.5) is 0 Å². The summed E-state index contributed by atoms with van der Waals surface area (Å²) in [6.45, 7) is 5.24. The summed E-state index contributed by atoms with van der Waals surface area (Å²) in [5.41, 5.74) is 2.77. The van der Waals surface area contributed by atoms with Gasteiger partial charge in [0, 0.05) is 43.4 Å². The number of thiophene rings is 1. The maximum Gasteiger partial charge on any atom is 0.223 e. The molecule has 0 saturated heterocycles. The molecule has 0 fully saturated rings. The normalized spacial score (nSPS) is 13.8. The summed E-state index contributed by atoms with van der Waals surface area (Å²) in [5, 5.41) is 4.88. The van der Waals surface area contributed by atoms with Crippen LogP contribution in [0.2, 0.25) is 0 Å². The fraction of sp³-hybridized carbons (Fsp3) is 0.455. The molecule has 0 radical (unpaired) electrons. The van der Waals surface area contributed by atoms with Crippen LogP contribution in [-0.4, -0.2) is 37.7 Å². The van der Waals surface area contributed by atoms with E-state index in [-0.39, 0.29) is 36.5 Å². The summed E-state index contributed by atoms with van der Waals surface area (Å²) in [4.78, 5) is 27.7. The first-order valence-electron chi connectivity index (χ1n) is 10.4. The monoisotopic (exact) mass is 463 g/mol. The Morgan fingerprint density at radius 2 is 1.81 bits per heavy atom. The highest BCUT2D eigenvalue weighted by Gasteiger charge is 2.21. The van der Waals surface area contributed by atoms with Crippen LogP contribution in [-0.2, 0) is 44.9 Å². The van der Waals surface area contributed by atoms with Crippen molar-refractivity contribution in [2.45, 2.75) is 58.0 Å². The Balaban J connectivity index is 1.40. The van der Waals surface area contributed by atoms with E-state index in [0.717, 1.165) is 12.0 Å². The molecule has 9 heteroatoms. The van der Waals surface area contributed by atoms with Gasteiger partial charge in [0.15, 0.2) is 0 Å². The van der Waals surface area contributed by atoms with Gasteiger partial charge in [0.25, 0.3) is 0 Å². The lowest BCUT2D eigenvalue weighted by atomic mass is 10.1. The van der Waals surface area contributed by atoms with Gasteiger partial charge in [-0.3, -0.25) is 9.59 Å². The molecule has 1 aromatic heterocycles. The highest BCUT2D eigenvalue weighted by Crippen LogP contribution is 2.24. The van der Waals surface area contributed by atoms with Crippen molar-refractivity contribution in [1.29, 1.82) is 0 Å². The Bertz CT molecular complexity index is 1010. The van der Waals surface area contributed by atoms with Gasteiger partial charge in [0.05, 0.1) is 5.75 Å². The predicted molar refractivity (Wildman–Crippen MR) is 122 cm³/mol. The summed E-state index contributed by atoms with van der Waals surface area (Å²) in [5.74, 6) is -0.245.